The first-order valence-electron chi connectivity index (χ1n) is 6.75. The summed E-state index contributed by atoms with van der Waals surface area (Å²) < 4.78 is 10.2. The molecule has 0 fully saturated rings. The van der Waals surface area contributed by atoms with Crippen molar-refractivity contribution < 1.29 is 13.9 Å². The molecule has 0 atom stereocenters. The van der Waals surface area contributed by atoms with E-state index in [1.165, 1.54) is 7.11 Å². The van der Waals surface area contributed by atoms with Gasteiger partial charge in [-0.3, -0.25) is 4.79 Å². The first kappa shape index (κ1) is 15.1. The molecule has 2 aromatic carbocycles. The highest BCUT2D eigenvalue weighted by Crippen LogP contribution is 2.23. The summed E-state index contributed by atoms with van der Waals surface area (Å²) in [5, 5.41) is 3.73. The van der Waals surface area contributed by atoms with E-state index in [1.54, 1.807) is 42.5 Å². The number of hydrogen-bond acceptors (Lipinski definition) is 4. The standard InChI is InChI=1S/C17H12ClNO4/c1-22-12-5-6-13-14(9-16(20)23-15(13)8-12)17(21)19-11-4-2-3-10(18)7-11/h2-9H,1H3,(H,19,21). The first-order chi connectivity index (χ1) is 11.1. The molecular weight excluding hydrogens is 318 g/mol. The number of anilines is 1. The van der Waals surface area contributed by atoms with Gasteiger partial charge in [0.05, 0.1) is 12.7 Å². The molecule has 6 heteroatoms. The van der Waals surface area contributed by atoms with Crippen LogP contribution in [-0.2, 0) is 0 Å². The summed E-state index contributed by atoms with van der Waals surface area (Å²) in [4.78, 5) is 24.2. The van der Waals surface area contributed by atoms with Crippen LogP contribution in [0, 0.1) is 0 Å². The minimum atomic E-state index is -0.609. The molecular formula is C17H12ClNO4. The lowest BCUT2D eigenvalue weighted by molar-refractivity contribution is 0.102. The van der Waals surface area contributed by atoms with Crippen molar-refractivity contribution in [2.75, 3.05) is 12.4 Å². The summed E-state index contributed by atoms with van der Waals surface area (Å²) in [6, 6.07) is 12.8. The van der Waals surface area contributed by atoms with E-state index in [4.69, 9.17) is 20.8 Å². The number of ether oxygens (including phenoxy) is 1. The lowest BCUT2D eigenvalue weighted by Gasteiger charge is -2.08. The summed E-state index contributed by atoms with van der Waals surface area (Å²) in [7, 11) is 1.51. The Morgan fingerprint density at radius 2 is 2.00 bits per heavy atom. The van der Waals surface area contributed by atoms with Crippen LogP contribution < -0.4 is 15.7 Å². The molecule has 0 aliphatic rings. The van der Waals surface area contributed by atoms with Gasteiger partial charge in [0.15, 0.2) is 0 Å². The fourth-order valence-corrected chi connectivity index (χ4v) is 2.41. The van der Waals surface area contributed by atoms with Gasteiger partial charge in [-0.2, -0.15) is 0 Å². The molecule has 0 aliphatic carbocycles. The van der Waals surface area contributed by atoms with Crippen molar-refractivity contribution >= 4 is 34.2 Å². The second kappa shape index (κ2) is 6.14. The Hall–Kier alpha value is -2.79. The molecule has 0 unspecified atom stereocenters. The zero-order chi connectivity index (χ0) is 16.4. The molecule has 0 saturated heterocycles. The quantitative estimate of drug-likeness (QED) is 0.744. The van der Waals surface area contributed by atoms with Gasteiger partial charge in [-0.15, -0.1) is 0 Å². The molecule has 116 valence electrons. The molecule has 0 radical (unpaired) electrons. The van der Waals surface area contributed by atoms with Gasteiger partial charge in [0.2, 0.25) is 0 Å². The van der Waals surface area contributed by atoms with Crippen molar-refractivity contribution in [1.29, 1.82) is 0 Å². The van der Waals surface area contributed by atoms with Gasteiger partial charge >= 0.3 is 5.63 Å². The molecule has 1 amide bonds. The Morgan fingerprint density at radius 1 is 1.17 bits per heavy atom. The molecule has 0 spiro atoms. The highest BCUT2D eigenvalue weighted by molar-refractivity contribution is 6.31. The lowest BCUT2D eigenvalue weighted by Crippen LogP contribution is -2.15. The number of fused-ring (bicyclic) bond motifs is 1. The molecule has 3 aromatic rings. The van der Waals surface area contributed by atoms with E-state index in [-0.39, 0.29) is 11.1 Å². The number of amides is 1. The minimum Gasteiger partial charge on any atom is -0.497 e. The predicted molar refractivity (Wildman–Crippen MR) is 88.4 cm³/mol. The third kappa shape index (κ3) is 3.19. The highest BCUT2D eigenvalue weighted by atomic mass is 35.5. The van der Waals surface area contributed by atoms with Crippen molar-refractivity contribution in [3.05, 3.63) is 69.5 Å². The number of halogens is 1. The van der Waals surface area contributed by atoms with Crippen LogP contribution in [0.5, 0.6) is 5.75 Å². The maximum atomic E-state index is 12.5. The van der Waals surface area contributed by atoms with E-state index in [1.807, 2.05) is 0 Å². The average molecular weight is 330 g/mol. The Morgan fingerprint density at radius 3 is 2.74 bits per heavy atom. The Labute approximate surface area is 136 Å². The number of benzene rings is 2. The number of nitrogens with one attached hydrogen (secondary N) is 1. The van der Waals surface area contributed by atoms with Crippen molar-refractivity contribution in [1.82, 2.24) is 0 Å². The van der Waals surface area contributed by atoms with Crippen molar-refractivity contribution in [3.63, 3.8) is 0 Å². The predicted octanol–water partition coefficient (Wildman–Crippen LogP) is 3.71. The molecule has 3 rings (SSSR count). The van der Waals surface area contributed by atoms with Gasteiger partial charge in [0.1, 0.15) is 11.3 Å². The Kier molecular flexibility index (Phi) is 4.04. The van der Waals surface area contributed by atoms with Crippen LogP contribution in [0.4, 0.5) is 5.69 Å². The molecule has 0 saturated carbocycles. The maximum absolute atomic E-state index is 12.5. The van der Waals surface area contributed by atoms with Crippen LogP contribution in [0.2, 0.25) is 5.02 Å². The van der Waals surface area contributed by atoms with E-state index >= 15 is 0 Å². The minimum absolute atomic E-state index is 0.221. The van der Waals surface area contributed by atoms with Gasteiger partial charge in [-0.25, -0.2) is 4.79 Å². The Bertz CT molecular complexity index is 949. The van der Waals surface area contributed by atoms with Gasteiger partial charge in [0, 0.05) is 28.2 Å². The van der Waals surface area contributed by atoms with Gasteiger partial charge in [-0.05, 0) is 30.3 Å². The number of rotatable bonds is 3. The van der Waals surface area contributed by atoms with Crippen LogP contribution in [0.1, 0.15) is 10.4 Å². The fourth-order valence-electron chi connectivity index (χ4n) is 2.22. The summed E-state index contributed by atoms with van der Waals surface area (Å²) in [6.07, 6.45) is 0. The molecule has 1 aromatic heterocycles. The third-order valence-corrected chi connectivity index (χ3v) is 3.51. The van der Waals surface area contributed by atoms with Crippen LogP contribution in [0.25, 0.3) is 11.0 Å². The second-order valence-electron chi connectivity index (χ2n) is 4.81. The van der Waals surface area contributed by atoms with Crippen molar-refractivity contribution in [3.8, 4) is 5.75 Å². The van der Waals surface area contributed by atoms with E-state index < -0.39 is 11.5 Å². The first-order valence-corrected chi connectivity index (χ1v) is 7.13. The molecule has 23 heavy (non-hydrogen) atoms. The fraction of sp³-hybridized carbons (Fsp3) is 0.0588. The summed E-state index contributed by atoms with van der Waals surface area (Å²) >= 11 is 5.90. The normalized spacial score (nSPS) is 10.5. The van der Waals surface area contributed by atoms with Crippen LogP contribution in [0.3, 0.4) is 0 Å². The monoisotopic (exact) mass is 329 g/mol. The molecule has 1 N–H and O–H groups in total. The number of hydrogen-bond donors (Lipinski definition) is 1. The third-order valence-electron chi connectivity index (χ3n) is 3.28. The largest absolute Gasteiger partial charge is 0.497 e. The van der Waals surface area contributed by atoms with Gasteiger partial charge < -0.3 is 14.5 Å². The van der Waals surface area contributed by atoms with Crippen LogP contribution >= 0.6 is 11.6 Å². The van der Waals surface area contributed by atoms with E-state index in [2.05, 4.69) is 5.32 Å². The van der Waals surface area contributed by atoms with Crippen LogP contribution in [-0.4, -0.2) is 13.0 Å². The zero-order valence-corrected chi connectivity index (χ0v) is 12.9. The molecule has 0 aliphatic heterocycles. The average Bonchev–Trinajstić information content (AvgIpc) is 2.53. The molecule has 5 nitrogen and oxygen atoms in total. The van der Waals surface area contributed by atoms with Crippen molar-refractivity contribution in [2.24, 2.45) is 0 Å². The second-order valence-corrected chi connectivity index (χ2v) is 5.24. The van der Waals surface area contributed by atoms with Crippen LogP contribution in [0.15, 0.2) is 57.7 Å². The number of carbonyl (C=O) groups excluding carboxylic acids is 1. The van der Waals surface area contributed by atoms with Gasteiger partial charge in [-0.1, -0.05) is 17.7 Å². The van der Waals surface area contributed by atoms with E-state index in [9.17, 15) is 9.59 Å². The zero-order valence-electron chi connectivity index (χ0n) is 12.1. The number of methoxy groups -OCH3 is 1. The van der Waals surface area contributed by atoms with E-state index in [0.29, 0.717) is 21.8 Å². The summed E-state index contributed by atoms with van der Waals surface area (Å²) in [6.45, 7) is 0. The molecule has 0 bridgehead atoms. The van der Waals surface area contributed by atoms with Crippen molar-refractivity contribution in [2.45, 2.75) is 0 Å². The Balaban J connectivity index is 2.04. The SMILES string of the molecule is COc1ccc2c(C(=O)Nc3cccc(Cl)c3)cc(=O)oc2c1. The highest BCUT2D eigenvalue weighted by Gasteiger charge is 2.14. The smallest absolute Gasteiger partial charge is 0.337 e. The lowest BCUT2D eigenvalue weighted by atomic mass is 10.1. The maximum Gasteiger partial charge on any atom is 0.337 e. The molecule has 1 heterocycles. The summed E-state index contributed by atoms with van der Waals surface area (Å²) in [5.74, 6) is 0.114. The summed E-state index contributed by atoms with van der Waals surface area (Å²) in [5.41, 5.74) is 0.436. The number of carbonyl (C=O) groups is 1. The topological polar surface area (TPSA) is 68.5 Å². The van der Waals surface area contributed by atoms with E-state index in [0.717, 1.165) is 6.07 Å². The van der Waals surface area contributed by atoms with Gasteiger partial charge in [0.25, 0.3) is 5.91 Å².